The van der Waals surface area contributed by atoms with Gasteiger partial charge in [0.15, 0.2) is 0 Å². The summed E-state index contributed by atoms with van der Waals surface area (Å²) in [7, 11) is 0. The Morgan fingerprint density at radius 1 is 1.15 bits per heavy atom. The van der Waals surface area contributed by atoms with Crippen LogP contribution < -0.4 is 9.47 Å². The lowest BCUT2D eigenvalue weighted by Crippen LogP contribution is -2.31. The Labute approximate surface area is 210 Å². The van der Waals surface area contributed by atoms with Crippen LogP contribution in [0.15, 0.2) is 30.6 Å². The monoisotopic (exact) mass is 486 g/mol. The first kappa shape index (κ1) is 26.5. The van der Waals surface area contributed by atoms with Gasteiger partial charge in [-0.05, 0) is 89.3 Å². The van der Waals surface area contributed by atoms with Crippen LogP contribution in [0.1, 0.15) is 83.3 Å². The predicted octanol–water partition coefficient (Wildman–Crippen LogP) is 6.70. The van der Waals surface area contributed by atoms with Gasteiger partial charge >= 0.3 is 5.97 Å². The van der Waals surface area contributed by atoms with E-state index in [-0.39, 0.29) is 18.4 Å². The number of halogens is 1. The van der Waals surface area contributed by atoms with E-state index in [9.17, 15) is 4.79 Å². The van der Waals surface area contributed by atoms with E-state index in [1.165, 1.54) is 32.1 Å². The van der Waals surface area contributed by atoms with E-state index in [4.69, 9.17) is 9.47 Å². The minimum atomic E-state index is -0.469. The van der Waals surface area contributed by atoms with Crippen LogP contribution >= 0.6 is 12.4 Å². The van der Waals surface area contributed by atoms with Gasteiger partial charge in [0.1, 0.15) is 17.1 Å². The zero-order valence-electron chi connectivity index (χ0n) is 20.9. The molecule has 0 bridgehead atoms. The van der Waals surface area contributed by atoms with Crippen LogP contribution in [0.3, 0.4) is 0 Å². The van der Waals surface area contributed by atoms with Crippen molar-refractivity contribution in [3.8, 4) is 22.6 Å². The molecule has 0 atom stereocenters. The zero-order chi connectivity index (χ0) is 23.3. The Morgan fingerprint density at radius 3 is 2.71 bits per heavy atom. The Kier molecular flexibility index (Phi) is 9.38. The van der Waals surface area contributed by atoms with Crippen LogP contribution in [0.4, 0.5) is 0 Å². The third-order valence-electron chi connectivity index (χ3n) is 6.83. The van der Waals surface area contributed by atoms with E-state index in [1.54, 1.807) is 6.20 Å². The molecule has 0 N–H and O–H groups in total. The van der Waals surface area contributed by atoms with Gasteiger partial charge in [-0.3, -0.25) is 9.78 Å². The van der Waals surface area contributed by atoms with Crippen molar-refractivity contribution in [2.45, 2.75) is 84.2 Å². The van der Waals surface area contributed by atoms with Crippen molar-refractivity contribution in [1.82, 2.24) is 9.88 Å². The van der Waals surface area contributed by atoms with E-state index < -0.39 is 5.60 Å². The van der Waals surface area contributed by atoms with Gasteiger partial charge in [0, 0.05) is 29.9 Å². The zero-order valence-corrected chi connectivity index (χ0v) is 21.7. The second-order valence-corrected chi connectivity index (χ2v) is 9.94. The molecule has 0 aliphatic carbocycles. The minimum absolute atomic E-state index is 0. The van der Waals surface area contributed by atoms with Crippen molar-refractivity contribution in [3.63, 3.8) is 0 Å². The van der Waals surface area contributed by atoms with Gasteiger partial charge in [-0.2, -0.15) is 0 Å². The molecule has 0 saturated carbocycles. The number of piperidine rings is 1. The summed E-state index contributed by atoms with van der Waals surface area (Å²) in [6.07, 6.45) is 13.2. The Hall–Kier alpha value is -2.11. The van der Waals surface area contributed by atoms with Gasteiger partial charge in [0.2, 0.25) is 0 Å². The molecule has 1 saturated heterocycles. The summed E-state index contributed by atoms with van der Waals surface area (Å²) in [5, 5.41) is 0. The molecule has 2 aromatic rings. The van der Waals surface area contributed by atoms with Gasteiger partial charge in [0.05, 0.1) is 5.56 Å². The number of aryl methyl sites for hydroxylation is 1. The van der Waals surface area contributed by atoms with E-state index in [1.807, 2.05) is 18.3 Å². The quantitative estimate of drug-likeness (QED) is 0.224. The smallest absolute Gasteiger partial charge is 0.311 e. The topological polar surface area (TPSA) is 51.7 Å². The molecule has 2 aliphatic heterocycles. The molecular weight excluding hydrogens is 448 g/mol. The molecule has 1 fully saturated rings. The van der Waals surface area contributed by atoms with Crippen LogP contribution in [0.5, 0.6) is 11.5 Å². The Bertz CT molecular complexity index is 970. The number of fused-ring (bicyclic) bond motifs is 3. The van der Waals surface area contributed by atoms with Crippen molar-refractivity contribution >= 4 is 18.4 Å². The molecule has 186 valence electrons. The Morgan fingerprint density at radius 2 is 1.94 bits per heavy atom. The molecular formula is C28H39ClN2O3. The fourth-order valence-corrected chi connectivity index (χ4v) is 5.05. The van der Waals surface area contributed by atoms with Crippen molar-refractivity contribution in [2.24, 2.45) is 0 Å². The van der Waals surface area contributed by atoms with Crippen molar-refractivity contribution in [1.29, 1.82) is 0 Å². The standard InChI is InChI=1S/C28H38N2O3.ClH/c1-4-5-7-11-21-18-24(32-26(31)12-10-17-30-15-8-6-9-16-30)27-22-20-29-14-13-23(22)28(2,3)33-25(27)19-21;/h13-14,18-20H,4-12,15-17H2,1-3H3;1H. The summed E-state index contributed by atoms with van der Waals surface area (Å²) >= 11 is 0. The summed E-state index contributed by atoms with van der Waals surface area (Å²) < 4.78 is 12.5. The number of nitrogens with zero attached hydrogens (tertiary/aromatic N) is 2. The van der Waals surface area contributed by atoms with Gasteiger partial charge in [-0.15, -0.1) is 12.4 Å². The molecule has 34 heavy (non-hydrogen) atoms. The van der Waals surface area contributed by atoms with Crippen molar-refractivity contribution < 1.29 is 14.3 Å². The number of rotatable bonds is 9. The molecule has 6 heteroatoms. The molecule has 1 aromatic carbocycles. The van der Waals surface area contributed by atoms with Gasteiger partial charge in [-0.25, -0.2) is 0 Å². The highest BCUT2D eigenvalue weighted by atomic mass is 35.5. The highest BCUT2D eigenvalue weighted by Crippen LogP contribution is 2.49. The summed E-state index contributed by atoms with van der Waals surface area (Å²) in [4.78, 5) is 19.7. The fourth-order valence-electron chi connectivity index (χ4n) is 5.05. The average molecular weight is 487 g/mol. The Balaban J connectivity index is 0.00000324. The maximum Gasteiger partial charge on any atom is 0.311 e. The first-order chi connectivity index (χ1) is 16.0. The van der Waals surface area contributed by atoms with Gasteiger partial charge in [-0.1, -0.05) is 26.2 Å². The molecule has 0 radical (unpaired) electrons. The van der Waals surface area contributed by atoms with Gasteiger partial charge < -0.3 is 14.4 Å². The number of hydrogen-bond donors (Lipinski definition) is 0. The molecule has 0 spiro atoms. The lowest BCUT2D eigenvalue weighted by molar-refractivity contribution is -0.134. The summed E-state index contributed by atoms with van der Waals surface area (Å²) in [5.74, 6) is 1.22. The van der Waals surface area contributed by atoms with E-state index in [0.717, 1.165) is 66.9 Å². The number of likely N-dealkylation sites (tertiary alicyclic amines) is 1. The maximum atomic E-state index is 12.9. The maximum absolute atomic E-state index is 12.9. The lowest BCUT2D eigenvalue weighted by atomic mass is 9.86. The van der Waals surface area contributed by atoms with E-state index >= 15 is 0 Å². The number of aromatic nitrogens is 1. The predicted molar refractivity (Wildman–Crippen MR) is 139 cm³/mol. The van der Waals surface area contributed by atoms with Crippen LogP contribution in [0, 0.1) is 0 Å². The molecule has 5 nitrogen and oxygen atoms in total. The molecule has 3 heterocycles. The average Bonchev–Trinajstić information content (AvgIpc) is 2.79. The second kappa shape index (κ2) is 12.0. The molecule has 0 unspecified atom stereocenters. The normalized spacial score (nSPS) is 16.6. The summed E-state index contributed by atoms with van der Waals surface area (Å²) in [6, 6.07) is 6.16. The number of carbonyl (C=O) groups excluding carboxylic acids is 1. The third kappa shape index (κ3) is 6.31. The molecule has 4 rings (SSSR count). The number of esters is 1. The second-order valence-electron chi connectivity index (χ2n) is 9.94. The largest absolute Gasteiger partial charge is 0.482 e. The van der Waals surface area contributed by atoms with E-state index in [2.05, 4.69) is 36.7 Å². The van der Waals surface area contributed by atoms with Crippen molar-refractivity contribution in [2.75, 3.05) is 19.6 Å². The highest BCUT2D eigenvalue weighted by molar-refractivity contribution is 5.85. The van der Waals surface area contributed by atoms with Gasteiger partial charge in [0.25, 0.3) is 0 Å². The van der Waals surface area contributed by atoms with Crippen molar-refractivity contribution in [3.05, 3.63) is 41.7 Å². The number of unbranched alkanes of at least 4 members (excludes halogenated alkanes) is 2. The number of carbonyl (C=O) groups is 1. The van der Waals surface area contributed by atoms with Crippen LogP contribution in [0.2, 0.25) is 0 Å². The number of pyridine rings is 1. The lowest BCUT2D eigenvalue weighted by Gasteiger charge is -2.35. The summed E-state index contributed by atoms with van der Waals surface area (Å²) in [6.45, 7) is 9.63. The highest BCUT2D eigenvalue weighted by Gasteiger charge is 2.35. The third-order valence-corrected chi connectivity index (χ3v) is 6.83. The molecule has 1 aromatic heterocycles. The molecule has 2 aliphatic rings. The van der Waals surface area contributed by atoms with Crippen LogP contribution in [-0.2, 0) is 16.8 Å². The number of ether oxygens (including phenoxy) is 2. The van der Waals surface area contributed by atoms with Crippen LogP contribution in [-0.4, -0.2) is 35.5 Å². The minimum Gasteiger partial charge on any atom is -0.482 e. The first-order valence-electron chi connectivity index (χ1n) is 12.7. The number of benzene rings is 1. The van der Waals surface area contributed by atoms with Crippen LogP contribution in [0.25, 0.3) is 11.1 Å². The fraction of sp³-hybridized carbons (Fsp3) is 0.571. The SMILES string of the molecule is CCCCCc1cc(OC(=O)CCCN2CCCCC2)c2c(c1)OC(C)(C)c1ccncc1-2.Cl. The molecule has 0 amide bonds. The summed E-state index contributed by atoms with van der Waals surface area (Å²) in [5.41, 5.74) is 3.58. The van der Waals surface area contributed by atoms with E-state index in [0.29, 0.717) is 12.2 Å². The first-order valence-corrected chi connectivity index (χ1v) is 12.7. The number of hydrogen-bond acceptors (Lipinski definition) is 5.